The fraction of sp³-hybridized carbons (Fsp3) is 0.786. The molecule has 1 aliphatic rings. The first-order valence-corrected chi connectivity index (χ1v) is 7.69. The molecule has 0 amide bonds. The van der Waals surface area contributed by atoms with E-state index in [2.05, 4.69) is 36.4 Å². The Morgan fingerprint density at radius 3 is 2.89 bits per heavy atom. The fourth-order valence-electron chi connectivity index (χ4n) is 2.43. The predicted octanol–water partition coefficient (Wildman–Crippen LogP) is 2.48. The van der Waals surface area contributed by atoms with Gasteiger partial charge in [-0.05, 0) is 32.5 Å². The molecule has 4 heteroatoms. The highest BCUT2D eigenvalue weighted by Crippen LogP contribution is 2.25. The van der Waals surface area contributed by atoms with Crippen LogP contribution in [-0.4, -0.2) is 36.6 Å². The molecule has 1 unspecified atom stereocenters. The first-order valence-electron chi connectivity index (χ1n) is 6.81. The third-order valence-corrected chi connectivity index (χ3v) is 4.38. The van der Waals surface area contributed by atoms with Crippen LogP contribution in [0.5, 0.6) is 0 Å². The fourth-order valence-corrected chi connectivity index (χ4v) is 3.49. The quantitative estimate of drug-likeness (QED) is 0.908. The summed E-state index contributed by atoms with van der Waals surface area (Å²) in [5, 5.41) is 6.77. The lowest BCUT2D eigenvalue weighted by molar-refractivity contribution is 0.314. The molecular formula is C14H25N3S. The van der Waals surface area contributed by atoms with Crippen molar-refractivity contribution in [2.75, 3.05) is 26.7 Å². The standard InChI is InChI=1S/C14H25N3S/c1-14(2,3)12-10-18-13(16-12)9-17-6-5-11(8-17)7-15-4/h10-11,15H,5-9H2,1-4H3. The number of hydrogen-bond donors (Lipinski definition) is 1. The van der Waals surface area contributed by atoms with Gasteiger partial charge in [0.1, 0.15) is 5.01 Å². The summed E-state index contributed by atoms with van der Waals surface area (Å²) in [6.45, 7) is 11.3. The normalized spacial score (nSPS) is 21.7. The largest absolute Gasteiger partial charge is 0.319 e. The summed E-state index contributed by atoms with van der Waals surface area (Å²) in [6.07, 6.45) is 1.32. The van der Waals surface area contributed by atoms with Crippen molar-refractivity contribution in [1.29, 1.82) is 0 Å². The summed E-state index contributed by atoms with van der Waals surface area (Å²) in [7, 11) is 2.04. The molecule has 2 rings (SSSR count). The van der Waals surface area contributed by atoms with Crippen LogP contribution in [0.4, 0.5) is 0 Å². The van der Waals surface area contributed by atoms with Crippen LogP contribution in [-0.2, 0) is 12.0 Å². The van der Waals surface area contributed by atoms with Crippen molar-refractivity contribution in [2.24, 2.45) is 5.92 Å². The molecule has 1 atom stereocenters. The van der Waals surface area contributed by atoms with Crippen LogP contribution in [0.1, 0.15) is 37.9 Å². The minimum atomic E-state index is 0.175. The van der Waals surface area contributed by atoms with Gasteiger partial charge in [-0.2, -0.15) is 0 Å². The average molecular weight is 267 g/mol. The second-order valence-corrected chi connectivity index (χ2v) is 7.27. The van der Waals surface area contributed by atoms with Gasteiger partial charge >= 0.3 is 0 Å². The van der Waals surface area contributed by atoms with Crippen molar-refractivity contribution in [3.8, 4) is 0 Å². The van der Waals surface area contributed by atoms with E-state index >= 15 is 0 Å². The third-order valence-electron chi connectivity index (χ3n) is 3.54. The first-order chi connectivity index (χ1) is 8.49. The van der Waals surface area contributed by atoms with Gasteiger partial charge < -0.3 is 5.32 Å². The van der Waals surface area contributed by atoms with Gasteiger partial charge in [0, 0.05) is 17.3 Å². The maximum Gasteiger partial charge on any atom is 0.107 e. The summed E-state index contributed by atoms with van der Waals surface area (Å²) in [5.41, 5.74) is 1.41. The zero-order valence-corrected chi connectivity index (χ0v) is 12.8. The molecule has 102 valence electrons. The topological polar surface area (TPSA) is 28.2 Å². The van der Waals surface area contributed by atoms with E-state index in [1.54, 1.807) is 0 Å². The maximum absolute atomic E-state index is 4.78. The molecule has 2 heterocycles. The Hall–Kier alpha value is -0.450. The van der Waals surface area contributed by atoms with E-state index in [1.165, 1.54) is 30.2 Å². The second kappa shape index (κ2) is 5.68. The molecule has 3 nitrogen and oxygen atoms in total. The van der Waals surface area contributed by atoms with E-state index in [-0.39, 0.29) is 5.41 Å². The molecule has 0 aromatic carbocycles. The minimum absolute atomic E-state index is 0.175. The summed E-state index contributed by atoms with van der Waals surface area (Å²) < 4.78 is 0. The molecule has 1 fully saturated rings. The number of aromatic nitrogens is 1. The molecule has 0 radical (unpaired) electrons. The molecule has 0 bridgehead atoms. The van der Waals surface area contributed by atoms with Crippen molar-refractivity contribution < 1.29 is 0 Å². The Morgan fingerprint density at radius 1 is 1.50 bits per heavy atom. The summed E-state index contributed by atoms with van der Waals surface area (Å²) >= 11 is 1.81. The minimum Gasteiger partial charge on any atom is -0.319 e. The monoisotopic (exact) mass is 267 g/mol. The van der Waals surface area contributed by atoms with E-state index in [0.29, 0.717) is 0 Å². The first kappa shape index (κ1) is 14.0. The zero-order valence-electron chi connectivity index (χ0n) is 12.0. The van der Waals surface area contributed by atoms with Crippen LogP contribution in [0, 0.1) is 5.92 Å². The number of hydrogen-bond acceptors (Lipinski definition) is 4. The summed E-state index contributed by atoms with van der Waals surface area (Å²) in [5.74, 6) is 0.817. The van der Waals surface area contributed by atoms with E-state index in [0.717, 1.165) is 19.0 Å². The zero-order chi connectivity index (χ0) is 13.2. The van der Waals surface area contributed by atoms with E-state index in [9.17, 15) is 0 Å². The van der Waals surface area contributed by atoms with Crippen LogP contribution in [0.15, 0.2) is 5.38 Å². The molecule has 0 spiro atoms. The van der Waals surface area contributed by atoms with Crippen LogP contribution in [0.25, 0.3) is 0 Å². The number of thiazole rings is 1. The van der Waals surface area contributed by atoms with Crippen LogP contribution >= 0.6 is 11.3 Å². The molecule has 0 aliphatic carbocycles. The van der Waals surface area contributed by atoms with Gasteiger partial charge in [0.2, 0.25) is 0 Å². The Kier molecular flexibility index (Phi) is 4.41. The number of likely N-dealkylation sites (tertiary alicyclic amines) is 1. The molecule has 0 saturated carbocycles. The van der Waals surface area contributed by atoms with E-state index in [4.69, 9.17) is 4.98 Å². The van der Waals surface area contributed by atoms with Crippen LogP contribution in [0.3, 0.4) is 0 Å². The van der Waals surface area contributed by atoms with Crippen molar-refractivity contribution >= 4 is 11.3 Å². The highest BCUT2D eigenvalue weighted by atomic mass is 32.1. The molecule has 1 aromatic heterocycles. The van der Waals surface area contributed by atoms with Gasteiger partial charge in [-0.3, -0.25) is 4.90 Å². The second-order valence-electron chi connectivity index (χ2n) is 6.32. The molecular weight excluding hydrogens is 242 g/mol. The highest BCUT2D eigenvalue weighted by molar-refractivity contribution is 7.09. The van der Waals surface area contributed by atoms with Gasteiger partial charge in [0.25, 0.3) is 0 Å². The van der Waals surface area contributed by atoms with Crippen molar-refractivity contribution in [3.63, 3.8) is 0 Å². The Labute approximate surface area is 115 Å². The van der Waals surface area contributed by atoms with Gasteiger partial charge in [-0.25, -0.2) is 4.98 Å². The van der Waals surface area contributed by atoms with Crippen molar-refractivity contribution in [3.05, 3.63) is 16.1 Å². The Balaban J connectivity index is 1.89. The van der Waals surface area contributed by atoms with Crippen LogP contribution in [0.2, 0.25) is 0 Å². The van der Waals surface area contributed by atoms with Gasteiger partial charge in [-0.15, -0.1) is 11.3 Å². The number of nitrogens with zero attached hydrogens (tertiary/aromatic N) is 2. The summed E-state index contributed by atoms with van der Waals surface area (Å²) in [6, 6.07) is 0. The lowest BCUT2D eigenvalue weighted by atomic mass is 9.93. The molecule has 1 N–H and O–H groups in total. The lowest BCUT2D eigenvalue weighted by Crippen LogP contribution is -2.24. The van der Waals surface area contributed by atoms with Crippen molar-refractivity contribution in [1.82, 2.24) is 15.2 Å². The Morgan fingerprint density at radius 2 is 2.28 bits per heavy atom. The smallest absolute Gasteiger partial charge is 0.107 e. The van der Waals surface area contributed by atoms with Gasteiger partial charge in [0.05, 0.1) is 12.2 Å². The molecule has 1 aliphatic heterocycles. The van der Waals surface area contributed by atoms with Gasteiger partial charge in [0.15, 0.2) is 0 Å². The van der Waals surface area contributed by atoms with Crippen LogP contribution < -0.4 is 5.32 Å². The third kappa shape index (κ3) is 3.53. The van der Waals surface area contributed by atoms with Gasteiger partial charge in [-0.1, -0.05) is 20.8 Å². The molecule has 18 heavy (non-hydrogen) atoms. The number of rotatable bonds is 4. The summed E-state index contributed by atoms with van der Waals surface area (Å²) in [4.78, 5) is 7.31. The molecule has 1 saturated heterocycles. The molecule has 1 aromatic rings. The lowest BCUT2D eigenvalue weighted by Gasteiger charge is -2.16. The number of nitrogens with one attached hydrogen (secondary N) is 1. The predicted molar refractivity (Wildman–Crippen MR) is 78.1 cm³/mol. The highest BCUT2D eigenvalue weighted by Gasteiger charge is 2.23. The van der Waals surface area contributed by atoms with E-state index < -0.39 is 0 Å². The Bertz CT molecular complexity index is 381. The SMILES string of the molecule is CNCC1CCN(Cc2nc(C(C)(C)C)cs2)C1. The van der Waals surface area contributed by atoms with Crippen molar-refractivity contribution in [2.45, 2.75) is 39.2 Å². The average Bonchev–Trinajstić information content (AvgIpc) is 2.88. The van der Waals surface area contributed by atoms with E-state index in [1.807, 2.05) is 18.4 Å². The maximum atomic E-state index is 4.78.